The Kier molecular flexibility index (Phi) is 11.8. The molecule has 0 fully saturated rings. The van der Waals surface area contributed by atoms with E-state index in [0.717, 1.165) is 5.56 Å². The second-order valence-corrected chi connectivity index (χ2v) is 7.59. The number of non-ortho nitro benzene ring substituents is 1. The van der Waals surface area contributed by atoms with Crippen molar-refractivity contribution in [3.05, 3.63) is 75.3 Å². The van der Waals surface area contributed by atoms with Crippen molar-refractivity contribution < 1.29 is 33.6 Å². The van der Waals surface area contributed by atoms with Gasteiger partial charge in [0, 0.05) is 25.7 Å². The van der Waals surface area contributed by atoms with Crippen molar-refractivity contribution in [3.63, 3.8) is 0 Å². The summed E-state index contributed by atoms with van der Waals surface area (Å²) < 4.78 is 10.7. The molecule has 0 atom stereocenters. The second kappa shape index (κ2) is 14.3. The highest BCUT2D eigenvalue weighted by molar-refractivity contribution is 5.84. The molecule has 0 heterocycles. The summed E-state index contributed by atoms with van der Waals surface area (Å²) in [6, 6.07) is 13.7. The molecule has 1 amide bonds. The molecule has 0 N–H and O–H groups in total. The van der Waals surface area contributed by atoms with Crippen molar-refractivity contribution in [2.24, 2.45) is 0 Å². The molecular formula is C25H30N2O8. The molecule has 0 aliphatic carbocycles. The van der Waals surface area contributed by atoms with Gasteiger partial charge in [-0.2, -0.15) is 9.59 Å². The van der Waals surface area contributed by atoms with Crippen LogP contribution in [0.3, 0.4) is 0 Å². The third kappa shape index (κ3) is 7.75. The van der Waals surface area contributed by atoms with Crippen molar-refractivity contribution in [1.82, 2.24) is 4.90 Å². The summed E-state index contributed by atoms with van der Waals surface area (Å²) in [5.41, 5.74) is 0.905. The van der Waals surface area contributed by atoms with Gasteiger partial charge >= 0.3 is 18.2 Å². The van der Waals surface area contributed by atoms with Crippen LogP contribution < -0.4 is 0 Å². The Hall–Kier alpha value is -4.04. The predicted molar refractivity (Wildman–Crippen MR) is 125 cm³/mol. The molecule has 2 aromatic carbocycles. The maximum absolute atomic E-state index is 12.9. The van der Waals surface area contributed by atoms with E-state index in [-0.39, 0.29) is 37.6 Å². The van der Waals surface area contributed by atoms with E-state index >= 15 is 0 Å². The van der Waals surface area contributed by atoms with Gasteiger partial charge in [-0.25, -0.2) is 4.79 Å². The fourth-order valence-electron chi connectivity index (χ4n) is 3.74. The van der Waals surface area contributed by atoms with Crippen molar-refractivity contribution in [2.45, 2.75) is 52.2 Å². The van der Waals surface area contributed by atoms with Gasteiger partial charge in [0.2, 0.25) is 0 Å². The fraction of sp³-hybridized carbons (Fsp3) is 0.400. The second-order valence-electron chi connectivity index (χ2n) is 7.59. The summed E-state index contributed by atoms with van der Waals surface area (Å²) in [6.07, 6.45) is 0.589. The van der Waals surface area contributed by atoms with Crippen LogP contribution in [0.1, 0.15) is 50.3 Å². The Balaban J connectivity index is 0.00000194. The van der Waals surface area contributed by atoms with Crippen molar-refractivity contribution in [1.29, 1.82) is 0 Å². The number of ether oxygens (including phenoxy) is 2. The van der Waals surface area contributed by atoms with Gasteiger partial charge in [-0.15, -0.1) is 0 Å². The van der Waals surface area contributed by atoms with E-state index in [4.69, 9.17) is 19.1 Å². The highest BCUT2D eigenvalue weighted by Gasteiger charge is 2.40. The van der Waals surface area contributed by atoms with Gasteiger partial charge in [0.1, 0.15) is 6.61 Å². The lowest BCUT2D eigenvalue weighted by Crippen LogP contribution is -2.38. The highest BCUT2D eigenvalue weighted by Crippen LogP contribution is 2.37. The molecule has 10 heteroatoms. The lowest BCUT2D eigenvalue weighted by Gasteiger charge is -2.32. The molecule has 2 aromatic rings. The number of carbonyl (C=O) groups excluding carboxylic acids is 4. The molecule has 35 heavy (non-hydrogen) atoms. The summed E-state index contributed by atoms with van der Waals surface area (Å²) in [4.78, 5) is 53.9. The molecule has 0 bridgehead atoms. The van der Waals surface area contributed by atoms with E-state index in [1.54, 1.807) is 20.0 Å². The molecule has 0 saturated carbocycles. The van der Waals surface area contributed by atoms with E-state index in [2.05, 4.69) is 0 Å². The van der Waals surface area contributed by atoms with E-state index in [9.17, 15) is 19.7 Å². The largest absolute Gasteiger partial charge is 0.465 e. The smallest absolute Gasteiger partial charge is 0.410 e. The Morgan fingerprint density at radius 1 is 1.03 bits per heavy atom. The third-order valence-corrected chi connectivity index (χ3v) is 5.61. The number of nitro groups is 1. The fourth-order valence-corrected chi connectivity index (χ4v) is 3.74. The molecular weight excluding hydrogens is 456 g/mol. The minimum Gasteiger partial charge on any atom is -0.465 e. The molecule has 0 aliphatic rings. The zero-order valence-corrected chi connectivity index (χ0v) is 20.3. The van der Waals surface area contributed by atoms with Crippen LogP contribution in [-0.4, -0.2) is 41.7 Å². The van der Waals surface area contributed by atoms with Crippen molar-refractivity contribution in [2.75, 3.05) is 13.7 Å². The molecule has 0 unspecified atom stereocenters. The van der Waals surface area contributed by atoms with Gasteiger partial charge in [0.25, 0.3) is 5.69 Å². The van der Waals surface area contributed by atoms with Crippen molar-refractivity contribution in [3.8, 4) is 0 Å². The quantitative estimate of drug-likeness (QED) is 0.274. The molecule has 188 valence electrons. The predicted octanol–water partition coefficient (Wildman–Crippen LogP) is 4.40. The average Bonchev–Trinajstić information content (AvgIpc) is 2.85. The molecule has 0 spiro atoms. The molecule has 0 aromatic heterocycles. The van der Waals surface area contributed by atoms with E-state index in [1.807, 2.05) is 44.2 Å². The first kappa shape index (κ1) is 29.0. The molecule has 0 radical (unpaired) electrons. The van der Waals surface area contributed by atoms with Crippen molar-refractivity contribution >= 4 is 23.9 Å². The molecule has 2 rings (SSSR count). The minimum absolute atomic E-state index is 0.0474. The highest BCUT2D eigenvalue weighted by atomic mass is 16.6. The summed E-state index contributed by atoms with van der Waals surface area (Å²) >= 11 is 0. The van der Waals surface area contributed by atoms with Gasteiger partial charge in [-0.3, -0.25) is 14.9 Å². The lowest BCUT2D eigenvalue weighted by molar-refractivity contribution is -0.385. The number of rotatable bonds is 10. The van der Waals surface area contributed by atoms with E-state index in [1.165, 1.54) is 17.0 Å². The Morgan fingerprint density at radius 3 is 2.14 bits per heavy atom. The first-order valence-electron chi connectivity index (χ1n) is 11.1. The topological polar surface area (TPSA) is 133 Å². The number of hydrogen-bond acceptors (Lipinski definition) is 8. The van der Waals surface area contributed by atoms with Crippen LogP contribution in [0, 0.1) is 10.1 Å². The Morgan fingerprint density at radius 2 is 1.63 bits per heavy atom. The summed E-state index contributed by atoms with van der Waals surface area (Å²) in [7, 11) is 1.56. The standard InChI is InChI=1S/C24H30N2O6.CO2/c1-5-24(6-2,22(27)31-7-3)21-14-13-20(26(29)30)15-19(21)16-25(4)23(28)32-17-18-11-9-8-10-12-18;2-1-3/h8-15H,5-7,16-17H2,1-4H3;. The monoisotopic (exact) mass is 486 g/mol. The Labute approximate surface area is 204 Å². The van der Waals surface area contributed by atoms with Crippen LogP contribution in [-0.2, 0) is 42.4 Å². The van der Waals surface area contributed by atoms with Gasteiger partial charge in [-0.05, 0) is 36.5 Å². The number of carbonyl (C=O) groups is 2. The number of benzene rings is 2. The normalized spacial score (nSPS) is 10.3. The lowest BCUT2D eigenvalue weighted by atomic mass is 9.73. The third-order valence-electron chi connectivity index (χ3n) is 5.61. The van der Waals surface area contributed by atoms with Crippen LogP contribution in [0.4, 0.5) is 10.5 Å². The number of amides is 1. The van der Waals surface area contributed by atoms with E-state index in [0.29, 0.717) is 24.0 Å². The molecule has 0 aliphatic heterocycles. The summed E-state index contributed by atoms with van der Waals surface area (Å²) in [5.74, 6) is -0.380. The molecule has 10 nitrogen and oxygen atoms in total. The van der Waals surface area contributed by atoms with Gasteiger partial charge in [0.15, 0.2) is 0 Å². The van der Waals surface area contributed by atoms with Crippen LogP contribution in [0.5, 0.6) is 0 Å². The minimum atomic E-state index is -0.963. The Bertz CT molecular complexity index is 1030. The first-order valence-corrected chi connectivity index (χ1v) is 11.1. The summed E-state index contributed by atoms with van der Waals surface area (Å²) in [5, 5.41) is 11.4. The van der Waals surface area contributed by atoms with Gasteiger partial charge in [-0.1, -0.05) is 50.2 Å². The zero-order valence-electron chi connectivity index (χ0n) is 20.3. The zero-order chi connectivity index (χ0) is 26.4. The molecule has 0 saturated heterocycles. The average molecular weight is 487 g/mol. The maximum Gasteiger partial charge on any atom is 0.410 e. The number of nitrogens with zero attached hydrogens (tertiary/aromatic N) is 2. The maximum atomic E-state index is 12.9. The first-order chi connectivity index (χ1) is 16.7. The van der Waals surface area contributed by atoms with Crippen LogP contribution in [0.15, 0.2) is 48.5 Å². The number of hydrogen-bond donors (Lipinski definition) is 0. The van der Waals surface area contributed by atoms with E-state index < -0.39 is 16.4 Å². The van der Waals surface area contributed by atoms with Crippen LogP contribution in [0.25, 0.3) is 0 Å². The van der Waals surface area contributed by atoms with Crippen LogP contribution >= 0.6 is 0 Å². The van der Waals surface area contributed by atoms with Gasteiger partial charge < -0.3 is 14.4 Å². The summed E-state index contributed by atoms with van der Waals surface area (Å²) in [6.45, 7) is 5.89. The van der Waals surface area contributed by atoms with Crippen LogP contribution in [0.2, 0.25) is 0 Å². The number of nitro benzene ring substituents is 1. The number of esters is 1. The SMILES string of the molecule is CCOC(=O)C(CC)(CC)c1ccc([N+](=O)[O-])cc1CN(C)C(=O)OCc1ccccc1.O=C=O. The van der Waals surface area contributed by atoms with Gasteiger partial charge in [0.05, 0.1) is 16.9 Å².